The molecule has 0 saturated carbocycles. The van der Waals surface area contributed by atoms with Crippen molar-refractivity contribution >= 4 is 9.84 Å². The van der Waals surface area contributed by atoms with Crippen LogP contribution in [0.3, 0.4) is 0 Å². The fourth-order valence-corrected chi connectivity index (χ4v) is 1.62. The van der Waals surface area contributed by atoms with Gasteiger partial charge in [0.05, 0.1) is 5.25 Å². The monoisotopic (exact) mass is 150 g/mol. The Kier molecular flexibility index (Phi) is 3.18. The van der Waals surface area contributed by atoms with Crippen LogP contribution in [0.15, 0.2) is 0 Å². The Morgan fingerprint density at radius 1 is 1.33 bits per heavy atom. The third kappa shape index (κ3) is 2.35. The van der Waals surface area contributed by atoms with Crippen LogP contribution < -0.4 is 0 Å². The van der Waals surface area contributed by atoms with E-state index in [-0.39, 0.29) is 11.0 Å². The zero-order valence-corrected chi connectivity index (χ0v) is 7.03. The molecule has 0 N–H and O–H groups in total. The van der Waals surface area contributed by atoms with Crippen LogP contribution in [0.4, 0.5) is 0 Å². The van der Waals surface area contributed by atoms with Gasteiger partial charge in [0, 0.05) is 5.75 Å². The molecule has 0 aromatic rings. The molecule has 0 heterocycles. The first-order chi connectivity index (χ1) is 4.04. The summed E-state index contributed by atoms with van der Waals surface area (Å²) in [6.07, 6.45) is 0.718. The second kappa shape index (κ2) is 3.20. The molecule has 0 aliphatic rings. The lowest BCUT2D eigenvalue weighted by Gasteiger charge is -2.06. The van der Waals surface area contributed by atoms with E-state index in [9.17, 15) is 8.42 Å². The van der Waals surface area contributed by atoms with Crippen molar-refractivity contribution in [2.45, 2.75) is 32.4 Å². The molecule has 0 spiro atoms. The van der Waals surface area contributed by atoms with Crippen molar-refractivity contribution in [3.8, 4) is 0 Å². The van der Waals surface area contributed by atoms with Crippen LogP contribution in [0, 0.1) is 0 Å². The molecule has 0 unspecified atom stereocenters. The molecule has 0 saturated heterocycles. The zero-order chi connectivity index (χ0) is 7.49. The second-order valence-corrected chi connectivity index (χ2v) is 4.88. The first-order valence-electron chi connectivity index (χ1n) is 3.26. The summed E-state index contributed by atoms with van der Waals surface area (Å²) in [7, 11) is -2.75. The Morgan fingerprint density at radius 2 is 1.78 bits per heavy atom. The van der Waals surface area contributed by atoms with Crippen LogP contribution in [-0.2, 0) is 9.84 Å². The molecule has 0 aromatic heterocycles. The molecule has 0 amide bonds. The van der Waals surface area contributed by atoms with Crippen LogP contribution in [0.1, 0.15) is 27.2 Å². The van der Waals surface area contributed by atoms with Gasteiger partial charge in [0.15, 0.2) is 9.84 Å². The third-order valence-electron chi connectivity index (χ3n) is 1.59. The van der Waals surface area contributed by atoms with E-state index in [0.29, 0.717) is 0 Å². The van der Waals surface area contributed by atoms with Gasteiger partial charge in [0.2, 0.25) is 0 Å². The van der Waals surface area contributed by atoms with E-state index in [1.54, 1.807) is 13.8 Å². The van der Waals surface area contributed by atoms with Gasteiger partial charge in [-0.05, 0) is 13.3 Å². The Morgan fingerprint density at radius 3 is 1.89 bits per heavy atom. The molecule has 1 atom stereocenters. The summed E-state index contributed by atoms with van der Waals surface area (Å²) in [6, 6.07) is 0. The minimum atomic E-state index is -2.75. The Labute approximate surface area is 57.2 Å². The lowest BCUT2D eigenvalue weighted by molar-refractivity contribution is 0.582. The average Bonchev–Trinajstić information content (AvgIpc) is 1.86. The molecule has 0 aliphatic heterocycles. The minimum Gasteiger partial charge on any atom is -0.229 e. The Hall–Kier alpha value is -0.0500. The van der Waals surface area contributed by atoms with Crippen LogP contribution in [0.25, 0.3) is 0 Å². The van der Waals surface area contributed by atoms with Crippen LogP contribution >= 0.6 is 0 Å². The normalized spacial score (nSPS) is 15.4. The largest absolute Gasteiger partial charge is 0.229 e. The van der Waals surface area contributed by atoms with Crippen molar-refractivity contribution in [3.63, 3.8) is 0 Å². The summed E-state index contributed by atoms with van der Waals surface area (Å²) < 4.78 is 21.9. The Bertz CT molecular complexity index is 158. The van der Waals surface area contributed by atoms with Crippen molar-refractivity contribution in [3.05, 3.63) is 0 Å². The maximum Gasteiger partial charge on any atom is 0.152 e. The summed E-state index contributed by atoms with van der Waals surface area (Å²) in [5.41, 5.74) is 0. The zero-order valence-electron chi connectivity index (χ0n) is 6.22. The molecule has 2 nitrogen and oxygen atoms in total. The molecule has 9 heavy (non-hydrogen) atoms. The van der Waals surface area contributed by atoms with E-state index in [4.69, 9.17) is 0 Å². The quantitative estimate of drug-likeness (QED) is 0.606. The summed E-state index contributed by atoms with van der Waals surface area (Å²) in [6.45, 7) is 5.32. The molecular formula is C6H14O2S. The van der Waals surface area contributed by atoms with Gasteiger partial charge in [-0.2, -0.15) is 0 Å². The van der Waals surface area contributed by atoms with Crippen LogP contribution in [0.5, 0.6) is 0 Å². The van der Waals surface area contributed by atoms with E-state index in [1.807, 2.05) is 6.92 Å². The highest BCUT2D eigenvalue weighted by Crippen LogP contribution is 2.04. The van der Waals surface area contributed by atoms with Gasteiger partial charge >= 0.3 is 0 Å². The molecule has 56 valence electrons. The van der Waals surface area contributed by atoms with Crippen molar-refractivity contribution in [1.82, 2.24) is 0 Å². The highest BCUT2D eigenvalue weighted by molar-refractivity contribution is 7.91. The van der Waals surface area contributed by atoms with Gasteiger partial charge in [0.25, 0.3) is 0 Å². The molecule has 0 aromatic carbocycles. The van der Waals surface area contributed by atoms with E-state index >= 15 is 0 Å². The standard InChI is InChI=1S/C6H14O2S/c1-4-6(3)9(7,8)5-2/h6H,4-5H2,1-3H3/t6-/m1/s1. The maximum atomic E-state index is 10.9. The van der Waals surface area contributed by atoms with Crippen molar-refractivity contribution < 1.29 is 8.42 Å². The third-order valence-corrected chi connectivity index (χ3v) is 3.95. The predicted molar refractivity (Wildman–Crippen MR) is 39.2 cm³/mol. The molecule has 3 heteroatoms. The fraction of sp³-hybridized carbons (Fsp3) is 1.00. The average molecular weight is 150 g/mol. The first kappa shape index (κ1) is 8.95. The maximum absolute atomic E-state index is 10.9. The SMILES string of the molecule is CC[C@@H](C)S(=O)(=O)CC. The van der Waals surface area contributed by atoms with Crippen molar-refractivity contribution in [2.24, 2.45) is 0 Å². The summed E-state index contributed by atoms with van der Waals surface area (Å²) in [5, 5.41) is -0.164. The molecule has 0 radical (unpaired) electrons. The minimum absolute atomic E-state index is 0.164. The molecule has 0 rings (SSSR count). The summed E-state index contributed by atoms with van der Waals surface area (Å²) >= 11 is 0. The van der Waals surface area contributed by atoms with Gasteiger partial charge in [-0.15, -0.1) is 0 Å². The van der Waals surface area contributed by atoms with Gasteiger partial charge in [-0.1, -0.05) is 13.8 Å². The molecule has 0 bridgehead atoms. The summed E-state index contributed by atoms with van der Waals surface area (Å²) in [5.74, 6) is 0.266. The molecular weight excluding hydrogens is 136 g/mol. The topological polar surface area (TPSA) is 34.1 Å². The fourth-order valence-electron chi connectivity index (χ4n) is 0.538. The highest BCUT2D eigenvalue weighted by Gasteiger charge is 2.14. The van der Waals surface area contributed by atoms with E-state index in [2.05, 4.69) is 0 Å². The van der Waals surface area contributed by atoms with Gasteiger partial charge in [0.1, 0.15) is 0 Å². The van der Waals surface area contributed by atoms with Crippen molar-refractivity contribution in [1.29, 1.82) is 0 Å². The molecule has 0 fully saturated rings. The molecule has 0 aliphatic carbocycles. The lowest BCUT2D eigenvalue weighted by Crippen LogP contribution is -2.18. The second-order valence-electron chi connectivity index (χ2n) is 2.17. The number of hydrogen-bond donors (Lipinski definition) is 0. The Balaban J connectivity index is 4.17. The highest BCUT2D eigenvalue weighted by atomic mass is 32.2. The smallest absolute Gasteiger partial charge is 0.152 e. The van der Waals surface area contributed by atoms with Gasteiger partial charge in [-0.3, -0.25) is 0 Å². The summed E-state index contributed by atoms with van der Waals surface area (Å²) in [4.78, 5) is 0. The number of hydrogen-bond acceptors (Lipinski definition) is 2. The van der Waals surface area contributed by atoms with Crippen LogP contribution in [-0.4, -0.2) is 19.4 Å². The van der Waals surface area contributed by atoms with E-state index in [0.717, 1.165) is 6.42 Å². The first-order valence-corrected chi connectivity index (χ1v) is 4.97. The predicted octanol–water partition coefficient (Wildman–Crippen LogP) is 1.22. The van der Waals surface area contributed by atoms with E-state index < -0.39 is 9.84 Å². The van der Waals surface area contributed by atoms with Gasteiger partial charge in [-0.25, -0.2) is 8.42 Å². The van der Waals surface area contributed by atoms with Crippen molar-refractivity contribution in [2.75, 3.05) is 5.75 Å². The van der Waals surface area contributed by atoms with E-state index in [1.165, 1.54) is 0 Å². The lowest BCUT2D eigenvalue weighted by atomic mass is 10.4. The number of sulfone groups is 1. The van der Waals surface area contributed by atoms with Gasteiger partial charge < -0.3 is 0 Å². The van der Waals surface area contributed by atoms with Crippen LogP contribution in [0.2, 0.25) is 0 Å². The number of rotatable bonds is 3.